The van der Waals surface area contributed by atoms with Gasteiger partial charge in [0.05, 0.1) is 0 Å². The van der Waals surface area contributed by atoms with Crippen LogP contribution < -0.4 is 10.6 Å². The van der Waals surface area contributed by atoms with Crippen LogP contribution in [0.2, 0.25) is 0 Å². The van der Waals surface area contributed by atoms with Crippen LogP contribution in [0.25, 0.3) is 0 Å². The number of carbonyl (C=O) groups is 1. The number of hydrogen-bond donors (Lipinski definition) is 3. The number of rotatable bonds is 0. The van der Waals surface area contributed by atoms with Crippen LogP contribution in [0.1, 0.15) is 32.6 Å². The van der Waals surface area contributed by atoms with Gasteiger partial charge in [-0.05, 0) is 31.6 Å². The third kappa shape index (κ3) is 1.44. The number of hydrogen-bond acceptors (Lipinski definition) is 3. The largest absolute Gasteiger partial charge is 0.361 e. The van der Waals surface area contributed by atoms with Gasteiger partial charge in [0.15, 0.2) is 6.35 Å². The summed E-state index contributed by atoms with van der Waals surface area (Å²) in [6.45, 7) is 2.20. The van der Waals surface area contributed by atoms with Crippen molar-refractivity contribution in [2.24, 2.45) is 5.92 Å². The molecule has 1 heterocycles. The molecule has 2 aliphatic rings. The minimum Gasteiger partial charge on any atom is -0.361 e. The zero-order chi connectivity index (χ0) is 9.47. The van der Waals surface area contributed by atoms with Crippen molar-refractivity contribution < 1.29 is 9.90 Å². The van der Waals surface area contributed by atoms with E-state index in [0.29, 0.717) is 5.92 Å². The number of aliphatic hydroxyl groups excluding tert-OH is 1. The molecule has 2 fully saturated rings. The summed E-state index contributed by atoms with van der Waals surface area (Å²) in [6, 6.07) is 0. The normalized spacial score (nSPS) is 45.2. The van der Waals surface area contributed by atoms with E-state index in [2.05, 4.69) is 17.6 Å². The van der Waals surface area contributed by atoms with Gasteiger partial charge in [-0.15, -0.1) is 0 Å². The predicted octanol–water partition coefficient (Wildman–Crippen LogP) is -0.0694. The molecule has 0 bridgehead atoms. The highest BCUT2D eigenvalue weighted by Gasteiger charge is 2.47. The minimum absolute atomic E-state index is 0.0353. The van der Waals surface area contributed by atoms with Crippen molar-refractivity contribution in [1.82, 2.24) is 10.6 Å². The van der Waals surface area contributed by atoms with Crippen LogP contribution >= 0.6 is 0 Å². The maximum atomic E-state index is 11.5. The number of aliphatic hydroxyl groups is 1. The van der Waals surface area contributed by atoms with Gasteiger partial charge < -0.3 is 10.4 Å². The van der Waals surface area contributed by atoms with Crippen LogP contribution in [-0.2, 0) is 4.79 Å². The van der Waals surface area contributed by atoms with Gasteiger partial charge in [0.25, 0.3) is 0 Å². The maximum Gasteiger partial charge on any atom is 0.243 e. The Morgan fingerprint density at radius 1 is 1.46 bits per heavy atom. The Hall–Kier alpha value is -0.610. The van der Waals surface area contributed by atoms with E-state index >= 15 is 0 Å². The lowest BCUT2D eigenvalue weighted by atomic mass is 9.77. The average Bonchev–Trinajstić information content (AvgIpc) is 2.34. The fourth-order valence-electron chi connectivity index (χ4n) is 2.25. The highest BCUT2D eigenvalue weighted by molar-refractivity contribution is 5.88. The Morgan fingerprint density at radius 3 is 2.54 bits per heavy atom. The minimum atomic E-state index is -0.846. The zero-order valence-electron chi connectivity index (χ0n) is 7.84. The smallest absolute Gasteiger partial charge is 0.243 e. The van der Waals surface area contributed by atoms with E-state index in [-0.39, 0.29) is 5.91 Å². The van der Waals surface area contributed by atoms with Gasteiger partial charge in [-0.25, -0.2) is 0 Å². The highest BCUT2D eigenvalue weighted by atomic mass is 16.3. The summed E-state index contributed by atoms with van der Waals surface area (Å²) < 4.78 is 0. The van der Waals surface area contributed by atoms with Crippen LogP contribution in [0, 0.1) is 5.92 Å². The highest BCUT2D eigenvalue weighted by Crippen LogP contribution is 2.33. The molecule has 1 saturated heterocycles. The maximum absolute atomic E-state index is 11.5. The van der Waals surface area contributed by atoms with Crippen molar-refractivity contribution in [1.29, 1.82) is 0 Å². The molecule has 4 heteroatoms. The van der Waals surface area contributed by atoms with Crippen molar-refractivity contribution in [2.45, 2.75) is 44.5 Å². The molecule has 1 aliphatic carbocycles. The molecular weight excluding hydrogens is 168 g/mol. The number of nitrogens with one attached hydrogen (secondary N) is 2. The van der Waals surface area contributed by atoms with Gasteiger partial charge in [-0.2, -0.15) is 0 Å². The standard InChI is InChI=1S/C9H16N2O2/c1-6-2-4-9(5-3-6)7(12)10-8(13)11-9/h6,8,11,13H,2-5H2,1H3,(H,10,12). The SMILES string of the molecule is CC1CCC2(CC1)NC(O)NC2=O. The molecule has 0 radical (unpaired) electrons. The first-order chi connectivity index (χ1) is 6.12. The van der Waals surface area contributed by atoms with Crippen LogP contribution in [0.4, 0.5) is 0 Å². The predicted molar refractivity (Wildman–Crippen MR) is 47.6 cm³/mol. The summed E-state index contributed by atoms with van der Waals surface area (Å²) in [7, 11) is 0. The second-order valence-corrected chi connectivity index (χ2v) is 4.28. The molecule has 0 aromatic carbocycles. The van der Waals surface area contributed by atoms with Gasteiger partial charge in [0.2, 0.25) is 5.91 Å². The topological polar surface area (TPSA) is 61.4 Å². The fraction of sp³-hybridized carbons (Fsp3) is 0.889. The van der Waals surface area contributed by atoms with Crippen molar-refractivity contribution in [2.75, 3.05) is 0 Å². The molecule has 1 atom stereocenters. The van der Waals surface area contributed by atoms with Gasteiger partial charge in [0.1, 0.15) is 5.54 Å². The Labute approximate surface area is 77.7 Å². The average molecular weight is 184 g/mol. The van der Waals surface area contributed by atoms with Gasteiger partial charge in [-0.1, -0.05) is 6.92 Å². The van der Waals surface area contributed by atoms with Crippen molar-refractivity contribution >= 4 is 5.91 Å². The molecule has 74 valence electrons. The first-order valence-electron chi connectivity index (χ1n) is 4.89. The third-order valence-corrected chi connectivity index (χ3v) is 3.24. The zero-order valence-corrected chi connectivity index (χ0v) is 7.84. The summed E-state index contributed by atoms with van der Waals surface area (Å²) in [5.41, 5.74) is -0.466. The fourth-order valence-corrected chi connectivity index (χ4v) is 2.25. The van der Waals surface area contributed by atoms with Crippen LogP contribution in [-0.4, -0.2) is 22.9 Å². The summed E-state index contributed by atoms with van der Waals surface area (Å²) >= 11 is 0. The summed E-state index contributed by atoms with van der Waals surface area (Å²) in [4.78, 5) is 11.5. The van der Waals surface area contributed by atoms with E-state index in [9.17, 15) is 9.90 Å². The lowest BCUT2D eigenvalue weighted by Crippen LogP contribution is -2.49. The molecule has 13 heavy (non-hydrogen) atoms. The van der Waals surface area contributed by atoms with E-state index < -0.39 is 11.9 Å². The molecule has 3 N–H and O–H groups in total. The molecule has 1 saturated carbocycles. The van der Waals surface area contributed by atoms with Crippen LogP contribution in [0.3, 0.4) is 0 Å². The summed E-state index contributed by atoms with van der Waals surface area (Å²) in [6.07, 6.45) is 2.97. The van der Waals surface area contributed by atoms with E-state index in [1.165, 1.54) is 0 Å². The van der Waals surface area contributed by atoms with E-state index in [1.807, 2.05) is 0 Å². The van der Waals surface area contributed by atoms with Crippen LogP contribution in [0.5, 0.6) is 0 Å². The summed E-state index contributed by atoms with van der Waals surface area (Å²) in [5, 5.41) is 14.7. The molecule has 2 rings (SSSR count). The van der Waals surface area contributed by atoms with E-state index in [4.69, 9.17) is 0 Å². The quantitative estimate of drug-likeness (QED) is 0.494. The molecule has 4 nitrogen and oxygen atoms in total. The second-order valence-electron chi connectivity index (χ2n) is 4.28. The molecule has 1 unspecified atom stereocenters. The molecule has 1 aliphatic heterocycles. The molecule has 0 aromatic heterocycles. The van der Waals surface area contributed by atoms with Crippen molar-refractivity contribution in [3.63, 3.8) is 0 Å². The Bertz CT molecular complexity index is 222. The van der Waals surface area contributed by atoms with Crippen molar-refractivity contribution in [3.05, 3.63) is 0 Å². The molecule has 0 aromatic rings. The van der Waals surface area contributed by atoms with Gasteiger partial charge in [0, 0.05) is 0 Å². The lowest BCUT2D eigenvalue weighted by molar-refractivity contribution is -0.125. The molecular formula is C9H16N2O2. The molecule has 1 amide bonds. The molecule has 1 spiro atoms. The summed E-state index contributed by atoms with van der Waals surface area (Å²) in [5.74, 6) is 0.671. The Morgan fingerprint density at radius 2 is 2.08 bits per heavy atom. The number of carbonyl (C=O) groups excluding carboxylic acids is 1. The number of amides is 1. The Balaban J connectivity index is 2.09. The first-order valence-corrected chi connectivity index (χ1v) is 4.89. The van der Waals surface area contributed by atoms with Crippen LogP contribution in [0.15, 0.2) is 0 Å². The van der Waals surface area contributed by atoms with E-state index in [0.717, 1.165) is 25.7 Å². The first kappa shape index (κ1) is 8.97. The Kier molecular flexibility index (Phi) is 2.04. The monoisotopic (exact) mass is 184 g/mol. The lowest BCUT2D eigenvalue weighted by Gasteiger charge is -2.33. The van der Waals surface area contributed by atoms with E-state index in [1.54, 1.807) is 0 Å². The van der Waals surface area contributed by atoms with Gasteiger partial charge in [-0.3, -0.25) is 10.1 Å². The third-order valence-electron chi connectivity index (χ3n) is 3.24. The second kappa shape index (κ2) is 2.96. The van der Waals surface area contributed by atoms with Crippen molar-refractivity contribution in [3.8, 4) is 0 Å². The van der Waals surface area contributed by atoms with Gasteiger partial charge >= 0.3 is 0 Å².